The highest BCUT2D eigenvalue weighted by atomic mass is 16.6. The summed E-state index contributed by atoms with van der Waals surface area (Å²) >= 11 is 0. The first-order chi connectivity index (χ1) is 22.0. The minimum Gasteiger partial charge on any atom is -0.480 e. The van der Waals surface area contributed by atoms with Gasteiger partial charge in [-0.25, -0.2) is 23.9 Å². The van der Waals surface area contributed by atoms with Gasteiger partial charge in [-0.15, -0.1) is 0 Å². The second-order valence-electron chi connectivity index (χ2n) is 11.8. The molecule has 0 saturated heterocycles. The summed E-state index contributed by atoms with van der Waals surface area (Å²) < 4.78 is 12.1. The molecule has 1 atom stereocenters. The number of nitrogens with one attached hydrogen (secondary N) is 1. The van der Waals surface area contributed by atoms with Crippen molar-refractivity contribution < 1.29 is 29.0 Å². The molecule has 1 aliphatic rings. The van der Waals surface area contributed by atoms with Gasteiger partial charge in [0.2, 0.25) is 0 Å². The number of nitrogens with zero attached hydrogens (tertiary/aromatic N) is 2. The fourth-order valence-corrected chi connectivity index (χ4v) is 5.94. The van der Waals surface area contributed by atoms with Gasteiger partial charge in [0, 0.05) is 18.5 Å². The number of hydrogen-bond donors (Lipinski definition) is 2. The molecular formula is C36H47N3O6. The van der Waals surface area contributed by atoms with Crippen LogP contribution in [-0.2, 0) is 20.7 Å². The lowest BCUT2D eigenvalue weighted by Gasteiger charge is -2.17. The lowest BCUT2D eigenvalue weighted by Crippen LogP contribution is -2.43. The predicted molar refractivity (Wildman–Crippen MR) is 173 cm³/mol. The van der Waals surface area contributed by atoms with Crippen molar-refractivity contribution in [3.05, 3.63) is 77.9 Å². The van der Waals surface area contributed by atoms with E-state index in [9.17, 15) is 19.5 Å². The van der Waals surface area contributed by atoms with Crippen LogP contribution in [0.5, 0.6) is 0 Å². The van der Waals surface area contributed by atoms with E-state index in [0.29, 0.717) is 12.3 Å². The molecule has 1 unspecified atom stereocenters. The van der Waals surface area contributed by atoms with Crippen LogP contribution in [0.3, 0.4) is 0 Å². The van der Waals surface area contributed by atoms with Gasteiger partial charge in [0.1, 0.15) is 19.0 Å². The van der Waals surface area contributed by atoms with Crippen LogP contribution in [0.1, 0.15) is 107 Å². The number of benzene rings is 2. The Kier molecular flexibility index (Phi) is 13.5. The van der Waals surface area contributed by atoms with Crippen molar-refractivity contribution in [2.45, 2.75) is 102 Å². The normalized spacial score (nSPS) is 12.7. The zero-order chi connectivity index (χ0) is 31.9. The first-order valence-corrected chi connectivity index (χ1v) is 16.5. The highest BCUT2D eigenvalue weighted by Crippen LogP contribution is 2.44. The fraction of sp³-hybridized carbons (Fsp3) is 0.500. The van der Waals surface area contributed by atoms with Crippen LogP contribution in [0.2, 0.25) is 0 Å². The molecular weight excluding hydrogens is 570 g/mol. The summed E-state index contributed by atoms with van der Waals surface area (Å²) in [5, 5.41) is 12.2. The molecule has 3 aromatic rings. The summed E-state index contributed by atoms with van der Waals surface area (Å²) in [6, 6.07) is 14.7. The van der Waals surface area contributed by atoms with Gasteiger partial charge in [-0.05, 0) is 28.7 Å². The number of fused-ring (bicyclic) bond motifs is 3. The van der Waals surface area contributed by atoms with Crippen molar-refractivity contribution in [1.29, 1.82) is 0 Å². The Morgan fingerprint density at radius 1 is 0.822 bits per heavy atom. The number of rotatable bonds is 19. The number of alkyl carbamates (subject to hydrolysis) is 1. The molecule has 0 spiro atoms. The number of carbonyl (C=O) groups excluding carboxylic acids is 2. The van der Waals surface area contributed by atoms with Gasteiger partial charge in [0.15, 0.2) is 0 Å². The third-order valence-electron chi connectivity index (χ3n) is 8.42. The number of ether oxygens (including phenoxy) is 2. The van der Waals surface area contributed by atoms with Gasteiger partial charge < -0.3 is 19.9 Å². The number of carboxylic acid groups (broad SMARTS) is 1. The maximum Gasteiger partial charge on any atom is 0.419 e. The van der Waals surface area contributed by atoms with Crippen molar-refractivity contribution in [2.24, 2.45) is 0 Å². The fourth-order valence-electron chi connectivity index (χ4n) is 5.94. The summed E-state index contributed by atoms with van der Waals surface area (Å²) in [4.78, 5) is 41.2. The molecule has 2 aromatic carbocycles. The smallest absolute Gasteiger partial charge is 0.419 e. The Morgan fingerprint density at radius 2 is 1.38 bits per heavy atom. The standard InChI is InChI=1S/C36H47N3O6/c1-2-3-4-5-6-7-8-9-10-11-12-17-22-44-36(43)39-24-27(37-26-39)23-33(34(40)41)38-35(42)45-25-32-30-20-15-13-18-28(30)29-19-14-16-21-31(29)32/h13-16,18-21,24,26,32-33H,2-12,17,22-23,25H2,1H3,(H,38,42)(H,40,41). The van der Waals surface area contributed by atoms with Crippen LogP contribution >= 0.6 is 0 Å². The number of unbranched alkanes of at least 4 members (excludes halogenated alkanes) is 11. The molecule has 9 heteroatoms. The van der Waals surface area contributed by atoms with Crippen molar-refractivity contribution >= 4 is 18.2 Å². The first kappa shape index (κ1) is 33.7. The lowest BCUT2D eigenvalue weighted by molar-refractivity contribution is -0.139. The topological polar surface area (TPSA) is 120 Å². The van der Waals surface area contributed by atoms with Gasteiger partial charge in [-0.3, -0.25) is 0 Å². The summed E-state index contributed by atoms with van der Waals surface area (Å²) in [6.45, 7) is 2.64. The molecule has 4 rings (SSSR count). The summed E-state index contributed by atoms with van der Waals surface area (Å²) in [5.74, 6) is -1.37. The van der Waals surface area contributed by atoms with Crippen LogP contribution in [0.15, 0.2) is 61.1 Å². The molecule has 0 fully saturated rings. The van der Waals surface area contributed by atoms with Crippen LogP contribution in [0, 0.1) is 0 Å². The second-order valence-corrected chi connectivity index (χ2v) is 11.8. The Balaban J connectivity index is 1.14. The summed E-state index contributed by atoms with van der Waals surface area (Å²) in [7, 11) is 0. The number of amides is 1. The van der Waals surface area contributed by atoms with E-state index in [1.807, 2.05) is 48.5 Å². The maximum absolute atomic E-state index is 12.6. The van der Waals surface area contributed by atoms with E-state index in [-0.39, 0.29) is 18.9 Å². The highest BCUT2D eigenvalue weighted by Gasteiger charge is 2.30. The SMILES string of the molecule is CCCCCCCCCCCCCCOC(=O)n1cnc(CC(NC(=O)OCC2c3ccccc3-c3ccccc32)C(=O)O)c1. The predicted octanol–water partition coefficient (Wildman–Crippen LogP) is 8.10. The van der Waals surface area contributed by atoms with Crippen LogP contribution in [0.25, 0.3) is 11.1 Å². The van der Waals surface area contributed by atoms with Crippen molar-refractivity contribution in [2.75, 3.05) is 13.2 Å². The van der Waals surface area contributed by atoms with Gasteiger partial charge in [-0.1, -0.05) is 126 Å². The van der Waals surface area contributed by atoms with Gasteiger partial charge in [0.05, 0.1) is 12.3 Å². The van der Waals surface area contributed by atoms with Crippen molar-refractivity contribution in [3.8, 4) is 11.1 Å². The number of carboxylic acids is 1. The molecule has 0 bridgehead atoms. The molecule has 0 saturated carbocycles. The van der Waals surface area contributed by atoms with Crippen molar-refractivity contribution in [1.82, 2.24) is 14.9 Å². The van der Waals surface area contributed by atoms with E-state index < -0.39 is 24.2 Å². The van der Waals surface area contributed by atoms with Gasteiger partial charge in [-0.2, -0.15) is 0 Å². The quantitative estimate of drug-likeness (QED) is 0.130. The number of aliphatic carboxylic acids is 1. The minimum atomic E-state index is -1.28. The molecule has 45 heavy (non-hydrogen) atoms. The van der Waals surface area contributed by atoms with Gasteiger partial charge in [0.25, 0.3) is 0 Å². The molecule has 9 nitrogen and oxygen atoms in total. The average molecular weight is 618 g/mol. The monoisotopic (exact) mass is 617 g/mol. The average Bonchev–Trinajstić information content (AvgIpc) is 3.64. The molecule has 1 amide bonds. The zero-order valence-electron chi connectivity index (χ0n) is 26.4. The molecule has 242 valence electrons. The number of aromatic nitrogens is 2. The van der Waals surface area contributed by atoms with E-state index in [1.54, 1.807) is 0 Å². The van der Waals surface area contributed by atoms with Crippen LogP contribution in [-0.4, -0.2) is 52.1 Å². The highest BCUT2D eigenvalue weighted by molar-refractivity contribution is 5.81. The Labute approximate surface area is 266 Å². The third-order valence-corrected chi connectivity index (χ3v) is 8.42. The lowest BCUT2D eigenvalue weighted by atomic mass is 9.98. The number of imidazole rings is 1. The maximum atomic E-state index is 12.6. The van der Waals surface area contributed by atoms with E-state index >= 15 is 0 Å². The minimum absolute atomic E-state index is 0.0753. The van der Waals surface area contributed by atoms with E-state index in [0.717, 1.165) is 41.5 Å². The Hall–Kier alpha value is -4.14. The molecule has 2 N–H and O–H groups in total. The molecule has 1 aliphatic carbocycles. The molecule has 1 aromatic heterocycles. The van der Waals surface area contributed by atoms with Crippen molar-refractivity contribution in [3.63, 3.8) is 0 Å². The summed E-state index contributed by atoms with van der Waals surface area (Å²) in [6.07, 6.45) is 16.0. The van der Waals surface area contributed by atoms with Crippen LogP contribution in [0.4, 0.5) is 9.59 Å². The molecule has 0 radical (unpaired) electrons. The molecule has 0 aliphatic heterocycles. The Bertz CT molecular complexity index is 1340. The zero-order valence-corrected chi connectivity index (χ0v) is 26.4. The van der Waals surface area contributed by atoms with Gasteiger partial charge >= 0.3 is 18.2 Å². The second kappa shape index (κ2) is 18.0. The Morgan fingerprint density at radius 3 is 1.96 bits per heavy atom. The van der Waals surface area contributed by atoms with Crippen LogP contribution < -0.4 is 5.32 Å². The number of carbonyl (C=O) groups is 3. The number of hydrogen-bond acceptors (Lipinski definition) is 6. The largest absolute Gasteiger partial charge is 0.480 e. The summed E-state index contributed by atoms with van der Waals surface area (Å²) in [5.41, 5.74) is 4.68. The van der Waals surface area contributed by atoms with E-state index in [2.05, 4.69) is 17.2 Å². The first-order valence-electron chi connectivity index (χ1n) is 16.5. The van der Waals surface area contributed by atoms with E-state index in [4.69, 9.17) is 9.47 Å². The molecule has 1 heterocycles. The van der Waals surface area contributed by atoms with E-state index in [1.165, 1.54) is 74.9 Å². The third kappa shape index (κ3) is 10.2.